The predicted octanol–water partition coefficient (Wildman–Crippen LogP) is 4.98. The van der Waals surface area contributed by atoms with E-state index in [1.54, 1.807) is 20.8 Å². The molecular weight excluding hydrogens is 544 g/mol. The zero-order valence-corrected chi connectivity index (χ0v) is 26.2. The van der Waals surface area contributed by atoms with Gasteiger partial charge in [0.2, 0.25) is 23.6 Å². The summed E-state index contributed by atoms with van der Waals surface area (Å²) in [5, 5.41) is 0. The molecule has 8 heteroatoms. The fourth-order valence-corrected chi connectivity index (χ4v) is 9.30. The van der Waals surface area contributed by atoms with Gasteiger partial charge >= 0.3 is 5.97 Å². The van der Waals surface area contributed by atoms with Crippen molar-refractivity contribution in [3.63, 3.8) is 0 Å². The largest absolute Gasteiger partial charge is 0.463 e. The number of amides is 4. The molecule has 2 bridgehead atoms. The second-order valence-corrected chi connectivity index (χ2v) is 13.1. The van der Waals surface area contributed by atoms with E-state index < -0.39 is 52.8 Å². The third kappa shape index (κ3) is 3.58. The summed E-state index contributed by atoms with van der Waals surface area (Å²) in [6.07, 6.45) is 0. The molecule has 4 unspecified atom stereocenters. The van der Waals surface area contributed by atoms with Crippen LogP contribution in [0.5, 0.6) is 0 Å². The maximum atomic E-state index is 14.6. The van der Waals surface area contributed by atoms with Gasteiger partial charge in [-0.15, -0.1) is 0 Å². The lowest BCUT2D eigenvalue weighted by Crippen LogP contribution is -2.61. The van der Waals surface area contributed by atoms with Gasteiger partial charge < -0.3 is 4.74 Å². The molecule has 224 valence electrons. The first-order valence-electron chi connectivity index (χ1n) is 15.0. The van der Waals surface area contributed by atoms with Crippen LogP contribution in [-0.4, -0.2) is 36.2 Å². The molecule has 2 saturated heterocycles. The van der Waals surface area contributed by atoms with Gasteiger partial charge in [-0.05, 0) is 77.6 Å². The number of nitrogens with zero attached hydrogens (tertiary/aromatic N) is 2. The third-order valence-electron chi connectivity index (χ3n) is 10.4. The monoisotopic (exact) mass is 582 g/mol. The summed E-state index contributed by atoms with van der Waals surface area (Å²) in [7, 11) is 0. The zero-order valence-electron chi connectivity index (χ0n) is 26.2. The zero-order chi connectivity index (χ0) is 31.4. The van der Waals surface area contributed by atoms with Gasteiger partial charge in [0.05, 0.1) is 41.7 Å². The molecule has 2 aromatic carbocycles. The number of carbonyl (C=O) groups excluding carboxylic acids is 5. The van der Waals surface area contributed by atoms with Gasteiger partial charge in [-0.1, -0.05) is 47.9 Å². The summed E-state index contributed by atoms with van der Waals surface area (Å²) < 4.78 is 5.50. The van der Waals surface area contributed by atoms with Crippen LogP contribution in [0.25, 0.3) is 0 Å². The molecule has 7 rings (SSSR count). The summed E-state index contributed by atoms with van der Waals surface area (Å²) in [5.41, 5.74) is 5.61. The third-order valence-corrected chi connectivity index (χ3v) is 10.4. The summed E-state index contributed by atoms with van der Waals surface area (Å²) in [6, 6.07) is 7.72. The first-order chi connectivity index (χ1) is 20.2. The highest BCUT2D eigenvalue weighted by molar-refractivity contribution is 6.28. The van der Waals surface area contributed by atoms with Crippen LogP contribution in [0.1, 0.15) is 54.2 Å². The lowest BCUT2D eigenvalue weighted by molar-refractivity contribution is -0.155. The Morgan fingerprint density at radius 2 is 1.05 bits per heavy atom. The second-order valence-electron chi connectivity index (χ2n) is 13.1. The molecule has 0 spiro atoms. The highest BCUT2D eigenvalue weighted by Gasteiger charge is 2.77. The molecule has 4 amide bonds. The molecule has 0 N–H and O–H groups in total. The van der Waals surface area contributed by atoms with Crippen molar-refractivity contribution in [3.8, 4) is 0 Å². The van der Waals surface area contributed by atoms with Crippen molar-refractivity contribution >= 4 is 41.0 Å². The second kappa shape index (κ2) is 9.46. The number of aryl methyl sites for hydroxylation is 6. The number of benzene rings is 2. The van der Waals surface area contributed by atoms with Gasteiger partial charge in [-0.2, -0.15) is 0 Å². The molecule has 1 saturated carbocycles. The van der Waals surface area contributed by atoms with E-state index in [0.717, 1.165) is 33.4 Å². The fourth-order valence-electron chi connectivity index (χ4n) is 9.30. The van der Waals surface area contributed by atoms with Gasteiger partial charge in [0.1, 0.15) is 0 Å². The van der Waals surface area contributed by atoms with Gasteiger partial charge in [0.15, 0.2) is 0 Å². The maximum absolute atomic E-state index is 14.6. The molecule has 2 heterocycles. The fraction of sp³-hybridized carbons (Fsp3) is 0.457. The molecular formula is C35H38N2O6. The van der Waals surface area contributed by atoms with E-state index in [0.29, 0.717) is 16.9 Å². The van der Waals surface area contributed by atoms with Crippen LogP contribution in [0.3, 0.4) is 0 Å². The molecule has 5 aliphatic rings. The molecule has 3 fully saturated rings. The van der Waals surface area contributed by atoms with E-state index >= 15 is 0 Å². The van der Waals surface area contributed by atoms with Crippen molar-refractivity contribution in [2.75, 3.05) is 16.4 Å². The Morgan fingerprint density at radius 1 is 0.674 bits per heavy atom. The molecule has 0 radical (unpaired) electrons. The molecule has 43 heavy (non-hydrogen) atoms. The topological polar surface area (TPSA) is 101 Å². The number of carbonyl (C=O) groups is 5. The van der Waals surface area contributed by atoms with E-state index in [9.17, 15) is 24.0 Å². The van der Waals surface area contributed by atoms with Gasteiger partial charge in [-0.25, -0.2) is 14.6 Å². The Kier molecular flexibility index (Phi) is 6.39. The van der Waals surface area contributed by atoms with E-state index in [1.807, 2.05) is 65.8 Å². The minimum atomic E-state index is -1.43. The van der Waals surface area contributed by atoms with E-state index in [1.165, 1.54) is 9.80 Å². The number of allylic oxidation sites excluding steroid dienone is 1. The summed E-state index contributed by atoms with van der Waals surface area (Å²) in [5.74, 6) is -6.80. The van der Waals surface area contributed by atoms with Gasteiger partial charge in [0.25, 0.3) is 0 Å². The highest BCUT2D eigenvalue weighted by atomic mass is 16.5. The average molecular weight is 583 g/mol. The van der Waals surface area contributed by atoms with Crippen molar-refractivity contribution in [3.05, 3.63) is 68.8 Å². The molecule has 3 aliphatic carbocycles. The Bertz CT molecular complexity index is 1570. The molecule has 2 aliphatic heterocycles. The standard InChI is InChI=1S/C35H38N2O6/c1-10-43-34(42)25-21(8)22-23-26(32(40)36(30(23)38)28-17(4)11-15(2)12-18(28)5)35(25,9)27-24(22)31(39)37(33(27)41)29-19(6)13-16(3)14-20(29)7/h11-14,22-24,26-27H,10H2,1-9H3. The first-order valence-corrected chi connectivity index (χ1v) is 15.0. The van der Waals surface area contributed by atoms with Crippen molar-refractivity contribution in [2.45, 2.75) is 62.3 Å². The minimum absolute atomic E-state index is 0.111. The van der Waals surface area contributed by atoms with Crippen molar-refractivity contribution in [2.24, 2.45) is 35.0 Å². The lowest BCUT2D eigenvalue weighted by Gasteiger charge is -2.55. The molecule has 0 aromatic heterocycles. The van der Waals surface area contributed by atoms with Crippen LogP contribution < -0.4 is 9.80 Å². The van der Waals surface area contributed by atoms with Crippen LogP contribution in [-0.2, 0) is 28.7 Å². The van der Waals surface area contributed by atoms with Crippen LogP contribution in [0.15, 0.2) is 35.4 Å². The SMILES string of the molecule is CCOC(=O)C1=C(C)C2C3C(=O)N(c4c(C)cc(C)cc4C)C(=O)C3C1(C)C1C(=O)N(c3c(C)cc(C)cc3C)C(=O)C21. The first kappa shape index (κ1) is 29.0. The Morgan fingerprint density at radius 3 is 1.40 bits per heavy atom. The number of hydrogen-bond donors (Lipinski definition) is 0. The van der Waals surface area contributed by atoms with Gasteiger partial charge in [0, 0.05) is 16.9 Å². The van der Waals surface area contributed by atoms with Crippen LogP contribution in [0.4, 0.5) is 11.4 Å². The maximum Gasteiger partial charge on any atom is 0.334 e. The Hall–Kier alpha value is -4.07. The number of esters is 1. The minimum Gasteiger partial charge on any atom is -0.463 e. The summed E-state index contributed by atoms with van der Waals surface area (Å²) in [4.78, 5) is 74.2. The number of rotatable bonds is 4. The van der Waals surface area contributed by atoms with Crippen molar-refractivity contribution in [1.29, 1.82) is 0 Å². The normalized spacial score (nSPS) is 29.6. The van der Waals surface area contributed by atoms with Crippen molar-refractivity contribution in [1.82, 2.24) is 0 Å². The summed E-state index contributed by atoms with van der Waals surface area (Å²) in [6.45, 7) is 16.7. The number of ether oxygens (including phenoxy) is 1. The highest BCUT2D eigenvalue weighted by Crippen LogP contribution is 2.69. The lowest BCUT2D eigenvalue weighted by atomic mass is 9.43. The Labute approximate surface area is 252 Å². The smallest absolute Gasteiger partial charge is 0.334 e. The van der Waals surface area contributed by atoms with E-state index in [2.05, 4.69) is 0 Å². The Balaban J connectivity index is 1.57. The van der Waals surface area contributed by atoms with Gasteiger partial charge in [-0.3, -0.25) is 19.2 Å². The van der Waals surface area contributed by atoms with E-state index in [-0.39, 0.29) is 24.0 Å². The molecule has 2 aromatic rings. The summed E-state index contributed by atoms with van der Waals surface area (Å²) >= 11 is 0. The molecule has 8 nitrogen and oxygen atoms in total. The molecule has 4 atom stereocenters. The number of hydrogen-bond acceptors (Lipinski definition) is 6. The predicted molar refractivity (Wildman–Crippen MR) is 161 cm³/mol. The van der Waals surface area contributed by atoms with Crippen LogP contribution in [0.2, 0.25) is 0 Å². The van der Waals surface area contributed by atoms with Crippen molar-refractivity contribution < 1.29 is 28.7 Å². The average Bonchev–Trinajstić information content (AvgIpc) is 3.30. The number of imide groups is 2. The quantitative estimate of drug-likeness (QED) is 0.373. The van der Waals surface area contributed by atoms with E-state index in [4.69, 9.17) is 4.74 Å². The number of anilines is 2. The van der Waals surface area contributed by atoms with Crippen LogP contribution in [0, 0.1) is 76.5 Å². The van der Waals surface area contributed by atoms with Crippen LogP contribution >= 0.6 is 0 Å².